The summed E-state index contributed by atoms with van der Waals surface area (Å²) in [7, 11) is 3.92. The van der Waals surface area contributed by atoms with Crippen LogP contribution in [-0.2, 0) is 14.1 Å². The molecule has 0 unspecified atom stereocenters. The Morgan fingerprint density at radius 1 is 0.605 bits per heavy atom. The molecule has 6 heterocycles. The molecule has 0 amide bonds. The maximum atomic E-state index is 11.3. The Hall–Kier alpha value is -4.54. The number of aromatic nitrogens is 2. The summed E-state index contributed by atoms with van der Waals surface area (Å²) < 4.78 is 23.9. The monoisotopic (exact) mass is 544 g/mol. The molecule has 0 saturated heterocycles. The van der Waals surface area contributed by atoms with Gasteiger partial charge in [-0.15, -0.1) is 22.7 Å². The van der Waals surface area contributed by atoms with Gasteiger partial charge in [0, 0.05) is 47.4 Å². The number of thiophene rings is 2. The highest BCUT2D eigenvalue weighted by molar-refractivity contribution is 7.25. The first kappa shape index (κ1) is 23.8. The van der Waals surface area contributed by atoms with Crippen LogP contribution >= 0.6 is 22.7 Å². The average Bonchev–Trinajstić information content (AvgIpc) is 3.69. The summed E-state index contributed by atoms with van der Waals surface area (Å²) in [6, 6.07) is 16.4. The highest BCUT2D eigenvalue weighted by Crippen LogP contribution is 2.40. The van der Waals surface area contributed by atoms with Crippen molar-refractivity contribution < 1.29 is 17.7 Å². The Balaban J connectivity index is 1.29. The molecule has 0 aliphatic rings. The van der Waals surface area contributed by atoms with Gasteiger partial charge in [-0.1, -0.05) is 13.2 Å². The third-order valence-electron chi connectivity index (χ3n) is 6.19. The molecule has 0 saturated carbocycles. The Labute approximate surface area is 222 Å². The lowest BCUT2D eigenvalue weighted by molar-refractivity contribution is 0.371. The van der Waals surface area contributed by atoms with Crippen LogP contribution in [0.15, 0.2) is 75.8 Å². The van der Waals surface area contributed by atoms with Crippen molar-refractivity contribution >= 4 is 48.0 Å². The van der Waals surface area contributed by atoms with E-state index in [1.54, 1.807) is 34.8 Å². The second-order valence-electron chi connectivity index (χ2n) is 8.50. The topological polar surface area (TPSA) is 96.6 Å². The fourth-order valence-electron chi connectivity index (χ4n) is 4.18. The van der Waals surface area contributed by atoms with Gasteiger partial charge in [0.1, 0.15) is 0 Å². The summed E-state index contributed by atoms with van der Waals surface area (Å²) in [6.45, 7) is 7.40. The largest absolute Gasteiger partial charge is 0.519 e. The molecule has 0 N–H and O–H groups in total. The van der Waals surface area contributed by atoms with Crippen molar-refractivity contribution in [2.75, 3.05) is 0 Å². The lowest BCUT2D eigenvalue weighted by atomic mass is 10.3. The predicted octanol–water partition coefficient (Wildman–Crippen LogP) is 3.06. The van der Waals surface area contributed by atoms with Crippen LogP contribution in [0.4, 0.5) is 0 Å². The van der Waals surface area contributed by atoms with Gasteiger partial charge >= 0.3 is 11.6 Å². The van der Waals surface area contributed by atoms with Crippen molar-refractivity contribution in [3.8, 4) is 30.9 Å². The highest BCUT2D eigenvalue weighted by atomic mass is 32.1. The molecule has 0 aliphatic heterocycles. The minimum absolute atomic E-state index is 0.202. The molecule has 0 fully saturated rings. The standard InChI is InChI=1S/C28H20N2O6S2/c1-15-21(35-27(31)33-15)13-17-5-7-19(29(17)3)23-9-11-25(37-23)26-12-10-24(38-26)20-8-6-18(30(20)4)14-22-16(2)34-28(32)36-22/h5-14H,1-2H2,3-4H3/b21-13-,22-14-. The van der Waals surface area contributed by atoms with E-state index in [1.165, 1.54) is 0 Å². The van der Waals surface area contributed by atoms with E-state index in [4.69, 9.17) is 17.7 Å². The number of nitrogens with zero attached hydrogens (tertiary/aromatic N) is 2. The minimum Gasteiger partial charge on any atom is -0.391 e. The third kappa shape index (κ3) is 4.19. The van der Waals surface area contributed by atoms with Crippen molar-refractivity contribution in [1.82, 2.24) is 9.13 Å². The minimum atomic E-state index is -0.766. The second kappa shape index (κ2) is 9.09. The molecule has 38 heavy (non-hydrogen) atoms. The van der Waals surface area contributed by atoms with Gasteiger partial charge in [0.2, 0.25) is 0 Å². The van der Waals surface area contributed by atoms with Crippen molar-refractivity contribution in [1.29, 1.82) is 0 Å². The van der Waals surface area contributed by atoms with E-state index in [0.29, 0.717) is 10.8 Å². The lowest BCUT2D eigenvalue weighted by Gasteiger charge is -2.03. The van der Waals surface area contributed by atoms with Crippen LogP contribution in [-0.4, -0.2) is 9.13 Å². The Morgan fingerprint density at radius 2 is 1.00 bits per heavy atom. The molecular formula is C28H20N2O6S2. The predicted molar refractivity (Wildman–Crippen MR) is 148 cm³/mol. The quantitative estimate of drug-likeness (QED) is 0.331. The molecule has 190 valence electrons. The molecule has 0 aromatic carbocycles. The maximum absolute atomic E-state index is 11.3. The zero-order valence-electron chi connectivity index (χ0n) is 20.3. The van der Waals surface area contributed by atoms with Gasteiger partial charge in [-0.25, -0.2) is 9.59 Å². The summed E-state index contributed by atoms with van der Waals surface area (Å²) in [4.78, 5) is 27.2. The SMILES string of the molecule is C=c1oc(=O)o/c1=C\c1ccc(-c2ccc(-c3ccc(-c4ccc(/C=c5\oc(=O)oc5=C)n4C)s3)s2)n1C. The molecule has 0 aliphatic carbocycles. The van der Waals surface area contributed by atoms with Gasteiger partial charge < -0.3 is 26.8 Å². The molecule has 0 bridgehead atoms. The molecule has 10 heteroatoms. The first-order valence-electron chi connectivity index (χ1n) is 11.4. The molecule has 0 spiro atoms. The second-order valence-corrected chi connectivity index (χ2v) is 10.7. The van der Waals surface area contributed by atoms with Crippen LogP contribution in [0.2, 0.25) is 0 Å². The zero-order chi connectivity index (χ0) is 26.6. The maximum Gasteiger partial charge on any atom is 0.519 e. The van der Waals surface area contributed by atoms with Gasteiger partial charge in [0.15, 0.2) is 21.7 Å². The summed E-state index contributed by atoms with van der Waals surface area (Å²) in [5, 5.41) is 0. The molecule has 6 aromatic heterocycles. The van der Waals surface area contributed by atoms with Crippen LogP contribution in [0, 0.1) is 0 Å². The lowest BCUT2D eigenvalue weighted by Crippen LogP contribution is -2.17. The Bertz CT molecular complexity index is 2000. The van der Waals surface area contributed by atoms with Crippen molar-refractivity contribution in [3.63, 3.8) is 0 Å². The van der Waals surface area contributed by atoms with Crippen LogP contribution in [0.25, 0.3) is 56.2 Å². The molecule has 6 aromatic rings. The zero-order valence-corrected chi connectivity index (χ0v) is 22.0. The van der Waals surface area contributed by atoms with Gasteiger partial charge in [-0.2, -0.15) is 0 Å². The normalized spacial score (nSPS) is 12.7. The summed E-state index contributed by atoms with van der Waals surface area (Å²) in [5.74, 6) is -1.53. The van der Waals surface area contributed by atoms with Crippen molar-refractivity contribution in [2.45, 2.75) is 0 Å². The summed E-state index contributed by atoms with van der Waals surface area (Å²) in [5.41, 5.74) is 4.82. The van der Waals surface area contributed by atoms with E-state index >= 15 is 0 Å². The molecular weight excluding hydrogens is 524 g/mol. The van der Waals surface area contributed by atoms with E-state index in [-0.39, 0.29) is 10.8 Å². The number of rotatable bonds is 5. The molecule has 0 atom stereocenters. The number of hydrogen-bond donors (Lipinski definition) is 0. The van der Waals surface area contributed by atoms with E-state index in [0.717, 1.165) is 42.3 Å². The highest BCUT2D eigenvalue weighted by Gasteiger charge is 2.14. The van der Waals surface area contributed by atoms with Gasteiger partial charge in [0.05, 0.1) is 21.1 Å². The van der Waals surface area contributed by atoms with Gasteiger partial charge in [-0.05, 0) is 48.5 Å². The fraction of sp³-hybridized carbons (Fsp3) is 0.0714. The van der Waals surface area contributed by atoms with E-state index in [9.17, 15) is 9.59 Å². The van der Waals surface area contributed by atoms with E-state index in [2.05, 4.69) is 37.4 Å². The van der Waals surface area contributed by atoms with Crippen LogP contribution in [0.5, 0.6) is 0 Å². The van der Waals surface area contributed by atoms with Crippen molar-refractivity contribution in [2.24, 2.45) is 14.1 Å². The van der Waals surface area contributed by atoms with Crippen LogP contribution in [0.1, 0.15) is 11.4 Å². The summed E-state index contributed by atoms with van der Waals surface area (Å²) in [6.07, 6.45) is 3.47. The smallest absolute Gasteiger partial charge is 0.391 e. The third-order valence-corrected chi connectivity index (χ3v) is 8.60. The van der Waals surface area contributed by atoms with Crippen LogP contribution in [0.3, 0.4) is 0 Å². The van der Waals surface area contributed by atoms with E-state index in [1.807, 2.05) is 47.5 Å². The molecule has 6 rings (SSSR count). The first-order chi connectivity index (χ1) is 18.3. The first-order valence-corrected chi connectivity index (χ1v) is 13.0. The fourth-order valence-corrected chi connectivity index (χ4v) is 6.40. The Kier molecular flexibility index (Phi) is 5.70. The Morgan fingerprint density at radius 3 is 1.37 bits per heavy atom. The number of hydrogen-bond acceptors (Lipinski definition) is 8. The van der Waals surface area contributed by atoms with E-state index < -0.39 is 11.6 Å². The molecule has 8 nitrogen and oxygen atoms in total. The van der Waals surface area contributed by atoms with Gasteiger partial charge in [0.25, 0.3) is 0 Å². The average molecular weight is 545 g/mol. The summed E-state index contributed by atoms with van der Waals surface area (Å²) >= 11 is 3.41. The van der Waals surface area contributed by atoms with Crippen molar-refractivity contribution in [3.05, 3.63) is 103 Å². The van der Waals surface area contributed by atoms with Gasteiger partial charge in [-0.3, -0.25) is 0 Å². The van der Waals surface area contributed by atoms with Crippen LogP contribution < -0.4 is 33.3 Å². The molecule has 0 radical (unpaired) electrons.